The Balaban J connectivity index is 1.77. The first-order chi connectivity index (χ1) is 12.2. The molecule has 2 heterocycles. The Hall–Kier alpha value is -2.87. The van der Waals surface area contributed by atoms with Crippen LogP contribution in [0.1, 0.15) is 18.5 Å². The molecule has 0 radical (unpaired) electrons. The summed E-state index contributed by atoms with van der Waals surface area (Å²) in [6.45, 7) is 3.04. The number of hydrogen-bond donors (Lipinski definition) is 2. The van der Waals surface area contributed by atoms with Gasteiger partial charge in [0.05, 0.1) is 26.1 Å². The average Bonchev–Trinajstić information content (AvgIpc) is 3.12. The molecular weight excluding hydrogens is 322 g/mol. The zero-order valence-corrected chi connectivity index (χ0v) is 14.4. The molecule has 3 rings (SSSR count). The predicted molar refractivity (Wildman–Crippen MR) is 94.1 cm³/mol. The molecule has 2 aromatic heterocycles. The molecule has 0 saturated carbocycles. The van der Waals surface area contributed by atoms with Crippen molar-refractivity contribution < 1.29 is 14.2 Å². The van der Waals surface area contributed by atoms with Gasteiger partial charge in [-0.15, -0.1) is 0 Å². The van der Waals surface area contributed by atoms with Gasteiger partial charge in [-0.3, -0.25) is 0 Å². The lowest BCUT2D eigenvalue weighted by molar-refractivity contribution is 0.144. The lowest BCUT2D eigenvalue weighted by atomic mass is 10.1. The third-order valence-electron chi connectivity index (χ3n) is 3.81. The van der Waals surface area contributed by atoms with Crippen LogP contribution in [-0.4, -0.2) is 47.4 Å². The normalized spacial score (nSPS) is 12.1. The lowest BCUT2D eigenvalue weighted by Gasteiger charge is -2.17. The maximum Gasteiger partial charge on any atom is 0.182 e. The van der Waals surface area contributed by atoms with E-state index >= 15 is 0 Å². The van der Waals surface area contributed by atoms with E-state index in [1.165, 1.54) is 6.33 Å². The average molecular weight is 343 g/mol. The first-order valence-corrected chi connectivity index (χ1v) is 7.93. The van der Waals surface area contributed by atoms with Crippen LogP contribution in [0.4, 0.5) is 5.82 Å². The van der Waals surface area contributed by atoms with Gasteiger partial charge in [0.2, 0.25) is 0 Å². The van der Waals surface area contributed by atoms with Crippen molar-refractivity contribution in [3.05, 3.63) is 36.4 Å². The molecule has 1 atom stereocenters. The molecule has 0 unspecified atom stereocenters. The van der Waals surface area contributed by atoms with Crippen molar-refractivity contribution in [2.45, 2.75) is 13.0 Å². The van der Waals surface area contributed by atoms with Crippen LogP contribution in [0, 0.1) is 0 Å². The first-order valence-electron chi connectivity index (χ1n) is 7.93. The molecule has 0 amide bonds. The SMILES string of the molecule is COCCOc1ccc([C@@H](C)Nc2ncnc3nc[nH]c23)cc1OC. The lowest BCUT2D eigenvalue weighted by Crippen LogP contribution is -2.10. The van der Waals surface area contributed by atoms with E-state index in [2.05, 4.69) is 25.3 Å². The number of H-pyrrole nitrogens is 1. The fourth-order valence-corrected chi connectivity index (χ4v) is 2.47. The van der Waals surface area contributed by atoms with Crippen LogP contribution in [0.2, 0.25) is 0 Å². The number of aromatic amines is 1. The van der Waals surface area contributed by atoms with Crippen molar-refractivity contribution in [1.82, 2.24) is 19.9 Å². The van der Waals surface area contributed by atoms with E-state index in [-0.39, 0.29) is 6.04 Å². The Morgan fingerprint density at radius 1 is 1.12 bits per heavy atom. The van der Waals surface area contributed by atoms with E-state index < -0.39 is 0 Å². The van der Waals surface area contributed by atoms with Crippen LogP contribution in [0.5, 0.6) is 11.5 Å². The fraction of sp³-hybridized carbons (Fsp3) is 0.353. The Morgan fingerprint density at radius 3 is 2.80 bits per heavy atom. The zero-order chi connectivity index (χ0) is 17.6. The number of imidazole rings is 1. The highest BCUT2D eigenvalue weighted by Gasteiger charge is 2.13. The summed E-state index contributed by atoms with van der Waals surface area (Å²) in [5, 5.41) is 3.37. The molecule has 0 fully saturated rings. The zero-order valence-electron chi connectivity index (χ0n) is 14.4. The monoisotopic (exact) mass is 343 g/mol. The van der Waals surface area contributed by atoms with E-state index in [9.17, 15) is 0 Å². The highest BCUT2D eigenvalue weighted by Crippen LogP contribution is 2.31. The second kappa shape index (κ2) is 7.80. The molecule has 0 saturated heterocycles. The molecule has 8 heteroatoms. The van der Waals surface area contributed by atoms with Gasteiger partial charge in [0.25, 0.3) is 0 Å². The van der Waals surface area contributed by atoms with Gasteiger partial charge < -0.3 is 24.5 Å². The minimum atomic E-state index is 0.00308. The Bertz CT molecular complexity index is 836. The number of benzene rings is 1. The van der Waals surface area contributed by atoms with Gasteiger partial charge in [-0.1, -0.05) is 6.07 Å². The summed E-state index contributed by atoms with van der Waals surface area (Å²) in [5.41, 5.74) is 2.45. The van der Waals surface area contributed by atoms with E-state index in [4.69, 9.17) is 14.2 Å². The topological polar surface area (TPSA) is 94.2 Å². The summed E-state index contributed by atoms with van der Waals surface area (Å²) in [6.07, 6.45) is 3.09. The third kappa shape index (κ3) is 3.80. The number of rotatable bonds is 8. The Labute approximate surface area is 145 Å². The molecule has 25 heavy (non-hydrogen) atoms. The minimum absolute atomic E-state index is 0.00308. The second-order valence-electron chi connectivity index (χ2n) is 5.44. The van der Waals surface area contributed by atoms with E-state index in [0.29, 0.717) is 36.2 Å². The summed E-state index contributed by atoms with van der Waals surface area (Å²) >= 11 is 0. The first kappa shape index (κ1) is 17.0. The maximum absolute atomic E-state index is 5.66. The van der Waals surface area contributed by atoms with Crippen LogP contribution >= 0.6 is 0 Å². The van der Waals surface area contributed by atoms with Crippen LogP contribution < -0.4 is 14.8 Å². The summed E-state index contributed by atoms with van der Waals surface area (Å²) in [4.78, 5) is 15.6. The molecule has 0 bridgehead atoms. The number of nitrogens with zero attached hydrogens (tertiary/aromatic N) is 3. The molecule has 1 aromatic carbocycles. The van der Waals surface area contributed by atoms with E-state index in [1.54, 1.807) is 20.5 Å². The largest absolute Gasteiger partial charge is 0.493 e. The minimum Gasteiger partial charge on any atom is -0.493 e. The summed E-state index contributed by atoms with van der Waals surface area (Å²) < 4.78 is 16.1. The molecule has 0 spiro atoms. The molecular formula is C17H21N5O3. The van der Waals surface area contributed by atoms with Crippen molar-refractivity contribution in [2.24, 2.45) is 0 Å². The van der Waals surface area contributed by atoms with Crippen molar-refractivity contribution >= 4 is 17.0 Å². The molecule has 3 aromatic rings. The molecule has 8 nitrogen and oxygen atoms in total. The quantitative estimate of drug-likeness (QED) is 0.607. The van der Waals surface area contributed by atoms with Crippen LogP contribution in [0.3, 0.4) is 0 Å². The fourth-order valence-electron chi connectivity index (χ4n) is 2.47. The maximum atomic E-state index is 5.66. The van der Waals surface area contributed by atoms with Gasteiger partial charge in [0.1, 0.15) is 18.5 Å². The van der Waals surface area contributed by atoms with Crippen LogP contribution in [0.15, 0.2) is 30.9 Å². The van der Waals surface area contributed by atoms with Crippen molar-refractivity contribution in [3.8, 4) is 11.5 Å². The van der Waals surface area contributed by atoms with Gasteiger partial charge in [-0.2, -0.15) is 0 Å². The van der Waals surface area contributed by atoms with E-state index in [0.717, 1.165) is 11.1 Å². The highest BCUT2D eigenvalue weighted by atomic mass is 16.5. The number of ether oxygens (including phenoxy) is 3. The number of fused-ring (bicyclic) bond motifs is 1. The van der Waals surface area contributed by atoms with Gasteiger partial charge in [-0.05, 0) is 24.6 Å². The number of methoxy groups -OCH3 is 2. The predicted octanol–water partition coefficient (Wildman–Crippen LogP) is 2.56. The molecule has 2 N–H and O–H groups in total. The van der Waals surface area contributed by atoms with Gasteiger partial charge >= 0.3 is 0 Å². The number of nitrogens with one attached hydrogen (secondary N) is 2. The Kier molecular flexibility index (Phi) is 5.30. The van der Waals surface area contributed by atoms with Crippen molar-refractivity contribution in [3.63, 3.8) is 0 Å². The third-order valence-corrected chi connectivity index (χ3v) is 3.81. The van der Waals surface area contributed by atoms with Crippen LogP contribution in [-0.2, 0) is 4.74 Å². The second-order valence-corrected chi connectivity index (χ2v) is 5.44. The number of aromatic nitrogens is 4. The smallest absolute Gasteiger partial charge is 0.182 e. The van der Waals surface area contributed by atoms with Crippen molar-refractivity contribution in [1.29, 1.82) is 0 Å². The van der Waals surface area contributed by atoms with Crippen molar-refractivity contribution in [2.75, 3.05) is 32.8 Å². The van der Waals surface area contributed by atoms with Crippen LogP contribution in [0.25, 0.3) is 11.2 Å². The molecule has 0 aliphatic carbocycles. The summed E-state index contributed by atoms with van der Waals surface area (Å²) in [5.74, 6) is 2.07. The van der Waals surface area contributed by atoms with Gasteiger partial charge in [0.15, 0.2) is 23.0 Å². The Morgan fingerprint density at radius 2 is 2.00 bits per heavy atom. The van der Waals surface area contributed by atoms with Gasteiger partial charge in [0, 0.05) is 7.11 Å². The summed E-state index contributed by atoms with van der Waals surface area (Å²) in [6, 6.07) is 5.84. The molecule has 0 aliphatic heterocycles. The standard InChI is InChI=1S/C17H21N5O3/c1-11(22-17-15-16(19-9-18-15)20-10-21-17)12-4-5-13(14(8-12)24-3)25-7-6-23-2/h4-5,8-11H,6-7H2,1-3H3,(H2,18,19,20,21,22)/t11-/m1/s1. The summed E-state index contributed by atoms with van der Waals surface area (Å²) in [7, 11) is 3.26. The molecule has 0 aliphatic rings. The highest BCUT2D eigenvalue weighted by molar-refractivity contribution is 5.82. The number of hydrogen-bond acceptors (Lipinski definition) is 7. The van der Waals surface area contributed by atoms with E-state index in [1.807, 2.05) is 25.1 Å². The van der Waals surface area contributed by atoms with Gasteiger partial charge in [-0.25, -0.2) is 15.0 Å². The number of anilines is 1. The molecule has 132 valence electrons.